The van der Waals surface area contributed by atoms with Gasteiger partial charge in [-0.05, 0) is 47.4 Å². The molecule has 164 valence electrons. The van der Waals surface area contributed by atoms with E-state index in [1.54, 1.807) is 6.92 Å². The molecule has 8 heteroatoms. The number of hydrogen-bond donors (Lipinski definition) is 2. The molecule has 2 rings (SSSR count). The van der Waals surface area contributed by atoms with Crippen molar-refractivity contribution < 1.29 is 9.53 Å². The van der Waals surface area contributed by atoms with Gasteiger partial charge in [-0.25, -0.2) is 9.78 Å². The fourth-order valence-corrected chi connectivity index (χ4v) is 3.96. The molecule has 0 fully saturated rings. The van der Waals surface area contributed by atoms with Gasteiger partial charge >= 0.3 is 5.97 Å². The van der Waals surface area contributed by atoms with Gasteiger partial charge in [0.2, 0.25) is 0 Å². The second kappa shape index (κ2) is 11.7. The first-order chi connectivity index (χ1) is 14.4. The van der Waals surface area contributed by atoms with Crippen LogP contribution in [0.3, 0.4) is 0 Å². The third kappa shape index (κ3) is 6.53. The highest BCUT2D eigenvalue weighted by Crippen LogP contribution is 2.24. The van der Waals surface area contributed by atoms with Gasteiger partial charge in [0.15, 0.2) is 5.96 Å². The van der Waals surface area contributed by atoms with E-state index in [1.807, 2.05) is 39.0 Å². The van der Waals surface area contributed by atoms with E-state index in [0.29, 0.717) is 23.7 Å². The summed E-state index contributed by atoms with van der Waals surface area (Å²) in [5.74, 6) is 0.404. The lowest BCUT2D eigenvalue weighted by Crippen LogP contribution is -2.39. The van der Waals surface area contributed by atoms with E-state index in [2.05, 4.69) is 46.7 Å². The number of nitrogens with zero attached hydrogens (tertiary/aromatic N) is 3. The number of benzene rings is 1. The third-order valence-electron chi connectivity index (χ3n) is 4.57. The zero-order valence-electron chi connectivity index (χ0n) is 18.7. The van der Waals surface area contributed by atoms with Crippen molar-refractivity contribution in [1.29, 1.82) is 0 Å². The molecule has 0 aliphatic carbocycles. The fourth-order valence-electron chi connectivity index (χ4n) is 3.00. The fraction of sp³-hybridized carbons (Fsp3) is 0.500. The number of carbonyl (C=O) groups excluding carboxylic acids is 1. The van der Waals surface area contributed by atoms with Crippen LogP contribution in [0.15, 0.2) is 35.3 Å². The maximum absolute atomic E-state index is 12.1. The smallest absolute Gasteiger partial charge is 0.350 e. The van der Waals surface area contributed by atoms with E-state index in [-0.39, 0.29) is 18.1 Å². The number of ether oxygens (including phenoxy) is 1. The molecule has 0 aliphatic heterocycles. The second-order valence-electron chi connectivity index (χ2n) is 7.16. The normalized spacial score (nSPS) is 13.8. The minimum absolute atomic E-state index is 0.0933. The number of nitrogens with one attached hydrogen (secondary N) is 2. The Morgan fingerprint density at radius 1 is 1.27 bits per heavy atom. The average molecular weight is 432 g/mol. The zero-order valence-corrected chi connectivity index (χ0v) is 19.5. The van der Waals surface area contributed by atoms with Gasteiger partial charge in [0.25, 0.3) is 0 Å². The maximum atomic E-state index is 12.1. The van der Waals surface area contributed by atoms with Crippen molar-refractivity contribution in [2.75, 3.05) is 33.8 Å². The van der Waals surface area contributed by atoms with Crippen LogP contribution in [0.2, 0.25) is 0 Å². The van der Waals surface area contributed by atoms with E-state index in [0.717, 1.165) is 17.5 Å². The van der Waals surface area contributed by atoms with Crippen LogP contribution in [0.25, 0.3) is 0 Å². The van der Waals surface area contributed by atoms with E-state index < -0.39 is 0 Å². The largest absolute Gasteiger partial charge is 0.462 e. The minimum Gasteiger partial charge on any atom is -0.462 e. The predicted molar refractivity (Wildman–Crippen MR) is 123 cm³/mol. The van der Waals surface area contributed by atoms with Crippen molar-refractivity contribution in [2.45, 2.75) is 39.8 Å². The standard InChI is InChI=1S/C22H33N5O2S/c1-7-23-22(24-14-18(27(5)6)17-12-10-9-11-13-17)26-16(4)20-25-15(3)19(30-20)21(28)29-8-2/h9-13,16,18H,7-8,14H2,1-6H3,(H2,23,24,26). The van der Waals surface area contributed by atoms with Gasteiger partial charge in [0.1, 0.15) is 9.88 Å². The van der Waals surface area contributed by atoms with Gasteiger partial charge < -0.3 is 20.3 Å². The van der Waals surface area contributed by atoms with Gasteiger partial charge in [-0.2, -0.15) is 0 Å². The van der Waals surface area contributed by atoms with Crippen molar-refractivity contribution in [3.63, 3.8) is 0 Å². The lowest BCUT2D eigenvalue weighted by Gasteiger charge is -2.24. The summed E-state index contributed by atoms with van der Waals surface area (Å²) in [6.45, 7) is 9.40. The van der Waals surface area contributed by atoms with Gasteiger partial charge in [0.05, 0.1) is 30.9 Å². The number of guanidine groups is 1. The van der Waals surface area contributed by atoms with Crippen LogP contribution < -0.4 is 10.6 Å². The van der Waals surface area contributed by atoms with E-state index in [9.17, 15) is 4.79 Å². The Morgan fingerprint density at radius 3 is 2.57 bits per heavy atom. The summed E-state index contributed by atoms with van der Waals surface area (Å²) >= 11 is 1.36. The molecule has 1 aromatic heterocycles. The number of hydrogen-bond acceptors (Lipinski definition) is 6. The van der Waals surface area contributed by atoms with Crippen LogP contribution >= 0.6 is 11.3 Å². The number of carbonyl (C=O) groups is 1. The van der Waals surface area contributed by atoms with Crippen molar-refractivity contribution in [1.82, 2.24) is 20.5 Å². The third-order valence-corrected chi connectivity index (χ3v) is 5.89. The molecule has 0 bridgehead atoms. The average Bonchev–Trinajstić information content (AvgIpc) is 3.11. The Morgan fingerprint density at radius 2 is 1.97 bits per heavy atom. The summed E-state index contributed by atoms with van der Waals surface area (Å²) in [4.78, 5) is 24.2. The summed E-state index contributed by atoms with van der Waals surface area (Å²) < 4.78 is 5.12. The molecule has 0 saturated heterocycles. The number of aromatic nitrogens is 1. The van der Waals surface area contributed by atoms with Crippen LogP contribution in [0, 0.1) is 6.92 Å². The van der Waals surface area contributed by atoms with Crippen LogP contribution in [0.1, 0.15) is 58.8 Å². The van der Waals surface area contributed by atoms with E-state index >= 15 is 0 Å². The van der Waals surface area contributed by atoms with Gasteiger partial charge in [-0.3, -0.25) is 4.99 Å². The molecular formula is C22H33N5O2S. The first-order valence-electron chi connectivity index (χ1n) is 10.3. The Hall–Kier alpha value is -2.45. The number of likely N-dealkylation sites (N-methyl/N-ethyl adjacent to an activating group) is 1. The quantitative estimate of drug-likeness (QED) is 0.359. The summed E-state index contributed by atoms with van der Waals surface area (Å²) in [6.07, 6.45) is 0. The monoisotopic (exact) mass is 431 g/mol. The van der Waals surface area contributed by atoms with E-state index in [4.69, 9.17) is 9.73 Å². The van der Waals surface area contributed by atoms with Crippen molar-refractivity contribution in [2.24, 2.45) is 4.99 Å². The Labute approximate surface area is 183 Å². The Balaban J connectivity index is 2.14. The number of aliphatic imine (C=N–C) groups is 1. The van der Waals surface area contributed by atoms with Crippen LogP contribution in [0.5, 0.6) is 0 Å². The SMILES string of the molecule is CCNC(=NCC(c1ccccc1)N(C)C)NC(C)c1nc(C)c(C(=O)OCC)s1. The lowest BCUT2D eigenvalue weighted by molar-refractivity contribution is 0.0531. The van der Waals surface area contributed by atoms with Crippen LogP contribution in [0.4, 0.5) is 0 Å². The topological polar surface area (TPSA) is 78.9 Å². The molecular weight excluding hydrogens is 398 g/mol. The number of esters is 1. The highest BCUT2D eigenvalue weighted by Gasteiger charge is 2.20. The number of thiazole rings is 1. The first kappa shape index (κ1) is 23.8. The lowest BCUT2D eigenvalue weighted by atomic mass is 10.1. The molecule has 1 aromatic carbocycles. The number of aryl methyl sites for hydroxylation is 1. The molecule has 2 N–H and O–H groups in total. The van der Waals surface area contributed by atoms with Crippen molar-refractivity contribution in [3.05, 3.63) is 51.5 Å². The molecule has 7 nitrogen and oxygen atoms in total. The molecule has 1 heterocycles. The van der Waals surface area contributed by atoms with E-state index in [1.165, 1.54) is 16.9 Å². The second-order valence-corrected chi connectivity index (χ2v) is 8.19. The highest BCUT2D eigenvalue weighted by atomic mass is 32.1. The molecule has 0 radical (unpaired) electrons. The molecule has 0 aliphatic rings. The molecule has 0 spiro atoms. The molecule has 2 aromatic rings. The van der Waals surface area contributed by atoms with Crippen molar-refractivity contribution in [3.8, 4) is 0 Å². The predicted octanol–water partition coefficient (Wildman–Crippen LogP) is 3.55. The maximum Gasteiger partial charge on any atom is 0.350 e. The zero-order chi connectivity index (χ0) is 22.1. The molecule has 2 atom stereocenters. The van der Waals surface area contributed by atoms with Gasteiger partial charge in [0, 0.05) is 6.54 Å². The summed E-state index contributed by atoms with van der Waals surface area (Å²) in [5, 5.41) is 7.53. The molecule has 30 heavy (non-hydrogen) atoms. The molecule has 0 saturated carbocycles. The van der Waals surface area contributed by atoms with Crippen molar-refractivity contribution >= 4 is 23.3 Å². The summed E-state index contributed by atoms with van der Waals surface area (Å²) in [7, 11) is 4.12. The highest BCUT2D eigenvalue weighted by molar-refractivity contribution is 7.13. The first-order valence-corrected chi connectivity index (χ1v) is 11.1. The minimum atomic E-state index is -0.316. The Bertz CT molecular complexity index is 835. The Kier molecular flexibility index (Phi) is 9.26. The number of rotatable bonds is 9. The molecule has 0 amide bonds. The summed E-state index contributed by atoms with van der Waals surface area (Å²) in [6, 6.07) is 10.4. The van der Waals surface area contributed by atoms with Gasteiger partial charge in [-0.15, -0.1) is 11.3 Å². The van der Waals surface area contributed by atoms with Crippen LogP contribution in [-0.4, -0.2) is 55.6 Å². The molecule has 2 unspecified atom stereocenters. The van der Waals surface area contributed by atoms with Gasteiger partial charge in [-0.1, -0.05) is 30.3 Å². The summed E-state index contributed by atoms with van der Waals surface area (Å²) in [5.41, 5.74) is 1.92. The van der Waals surface area contributed by atoms with Crippen LogP contribution in [-0.2, 0) is 4.74 Å².